The van der Waals surface area contributed by atoms with Gasteiger partial charge in [-0.05, 0) is 20.3 Å². The minimum absolute atomic E-state index is 0. The van der Waals surface area contributed by atoms with E-state index in [9.17, 15) is 0 Å². The summed E-state index contributed by atoms with van der Waals surface area (Å²) in [6.07, 6.45) is 2.33. The number of guanidine groups is 1. The van der Waals surface area contributed by atoms with Crippen LogP contribution < -0.4 is 5.32 Å². The van der Waals surface area contributed by atoms with Crippen molar-refractivity contribution in [2.75, 3.05) is 33.4 Å². The molecule has 0 radical (unpaired) electrons. The summed E-state index contributed by atoms with van der Waals surface area (Å²) in [4.78, 5) is 6.73. The largest absolute Gasteiger partial charge is 0.380 e. The first-order valence-corrected chi connectivity index (χ1v) is 7.43. The number of nitrogens with zero attached hydrogens (tertiary/aromatic N) is 2. The van der Waals surface area contributed by atoms with Crippen LogP contribution in [0.1, 0.15) is 47.5 Å². The van der Waals surface area contributed by atoms with Crippen LogP contribution in [0.2, 0.25) is 0 Å². The highest BCUT2D eigenvalue weighted by Crippen LogP contribution is 2.46. The Morgan fingerprint density at radius 1 is 1.25 bits per heavy atom. The van der Waals surface area contributed by atoms with E-state index in [2.05, 4.69) is 49.8 Å². The number of nitrogens with one attached hydrogen (secondary N) is 1. The first kappa shape index (κ1) is 20.0. The topological polar surface area (TPSA) is 36.9 Å². The molecule has 1 saturated heterocycles. The molecule has 0 aromatic rings. The SMILES string of the molecule is CCCCOCCNC(=NC)N1CC(C)(C)C1(C)C.I. The zero-order valence-electron chi connectivity index (χ0n) is 14.0. The molecular weight excluding hydrogens is 365 g/mol. The average molecular weight is 397 g/mol. The van der Waals surface area contributed by atoms with Gasteiger partial charge in [0.15, 0.2) is 5.96 Å². The van der Waals surface area contributed by atoms with Gasteiger partial charge >= 0.3 is 0 Å². The van der Waals surface area contributed by atoms with Crippen LogP contribution in [0.3, 0.4) is 0 Å². The monoisotopic (exact) mass is 397 g/mol. The molecule has 1 rings (SSSR count). The summed E-state index contributed by atoms with van der Waals surface area (Å²) >= 11 is 0. The zero-order chi connectivity index (χ0) is 14.5. The number of hydrogen-bond acceptors (Lipinski definition) is 2. The maximum atomic E-state index is 5.56. The Morgan fingerprint density at radius 3 is 2.35 bits per heavy atom. The maximum Gasteiger partial charge on any atom is 0.194 e. The van der Waals surface area contributed by atoms with E-state index in [1.54, 1.807) is 0 Å². The van der Waals surface area contributed by atoms with Crippen LogP contribution in [0.5, 0.6) is 0 Å². The smallest absolute Gasteiger partial charge is 0.194 e. The molecule has 1 fully saturated rings. The van der Waals surface area contributed by atoms with Gasteiger partial charge in [0.1, 0.15) is 0 Å². The molecule has 120 valence electrons. The van der Waals surface area contributed by atoms with Crippen LogP contribution in [0, 0.1) is 5.41 Å². The van der Waals surface area contributed by atoms with Gasteiger partial charge in [0, 0.05) is 37.7 Å². The summed E-state index contributed by atoms with van der Waals surface area (Å²) in [5.41, 5.74) is 0.486. The third kappa shape index (κ3) is 4.48. The van der Waals surface area contributed by atoms with Gasteiger partial charge < -0.3 is 15.0 Å². The van der Waals surface area contributed by atoms with E-state index in [1.807, 2.05) is 7.05 Å². The maximum absolute atomic E-state index is 5.56. The molecule has 0 amide bonds. The molecule has 20 heavy (non-hydrogen) atoms. The predicted octanol–water partition coefficient (Wildman–Crippen LogP) is 3.12. The highest BCUT2D eigenvalue weighted by atomic mass is 127. The van der Waals surface area contributed by atoms with Gasteiger partial charge in [-0.2, -0.15) is 0 Å². The van der Waals surface area contributed by atoms with E-state index in [0.29, 0.717) is 5.41 Å². The van der Waals surface area contributed by atoms with Crippen LogP contribution >= 0.6 is 24.0 Å². The lowest BCUT2D eigenvalue weighted by atomic mass is 9.65. The van der Waals surface area contributed by atoms with Crippen LogP contribution in [0.25, 0.3) is 0 Å². The van der Waals surface area contributed by atoms with Gasteiger partial charge in [-0.1, -0.05) is 27.2 Å². The normalized spacial score (nSPS) is 20.1. The lowest BCUT2D eigenvalue weighted by Gasteiger charge is -2.62. The van der Waals surface area contributed by atoms with Crippen LogP contribution in [0.15, 0.2) is 4.99 Å². The number of rotatable bonds is 6. The Kier molecular flexibility index (Phi) is 8.40. The first-order chi connectivity index (χ1) is 8.86. The van der Waals surface area contributed by atoms with Crippen molar-refractivity contribution in [2.24, 2.45) is 10.4 Å². The van der Waals surface area contributed by atoms with Gasteiger partial charge in [-0.15, -0.1) is 24.0 Å². The van der Waals surface area contributed by atoms with Gasteiger partial charge in [-0.25, -0.2) is 0 Å². The summed E-state index contributed by atoms with van der Waals surface area (Å²) < 4.78 is 5.56. The van der Waals surface area contributed by atoms with Gasteiger partial charge in [-0.3, -0.25) is 4.99 Å². The highest BCUT2D eigenvalue weighted by molar-refractivity contribution is 14.0. The number of unbranched alkanes of at least 4 members (excludes halogenated alkanes) is 1. The molecule has 0 spiro atoms. The zero-order valence-corrected chi connectivity index (χ0v) is 16.3. The number of ether oxygens (including phenoxy) is 1. The van der Waals surface area contributed by atoms with Crippen LogP contribution in [-0.2, 0) is 4.74 Å². The minimum atomic E-state index is 0. The lowest BCUT2D eigenvalue weighted by Crippen LogP contribution is -2.72. The summed E-state index contributed by atoms with van der Waals surface area (Å²) in [6.45, 7) is 14.8. The second kappa shape index (κ2) is 8.41. The second-order valence-electron chi connectivity index (χ2n) is 6.47. The third-order valence-corrected chi connectivity index (χ3v) is 4.52. The van der Waals surface area contributed by atoms with Crippen molar-refractivity contribution < 1.29 is 4.74 Å². The number of halogens is 1. The second-order valence-corrected chi connectivity index (χ2v) is 6.47. The van der Waals surface area contributed by atoms with Crippen molar-refractivity contribution >= 4 is 29.9 Å². The van der Waals surface area contributed by atoms with Gasteiger partial charge in [0.2, 0.25) is 0 Å². The average Bonchev–Trinajstić information content (AvgIpc) is 2.36. The molecule has 1 heterocycles. The summed E-state index contributed by atoms with van der Waals surface area (Å²) in [5, 5.41) is 3.39. The molecule has 1 aliphatic rings. The Hall–Kier alpha value is -0.0400. The fourth-order valence-electron chi connectivity index (χ4n) is 2.28. The van der Waals surface area contributed by atoms with Crippen molar-refractivity contribution in [3.8, 4) is 0 Å². The Morgan fingerprint density at radius 2 is 1.90 bits per heavy atom. The third-order valence-electron chi connectivity index (χ3n) is 4.52. The van der Waals surface area contributed by atoms with Gasteiger partial charge in [0.05, 0.1) is 6.61 Å². The molecule has 0 atom stereocenters. The lowest BCUT2D eigenvalue weighted by molar-refractivity contribution is -0.0668. The number of likely N-dealkylation sites (tertiary alicyclic amines) is 1. The Labute approximate surface area is 141 Å². The molecule has 0 saturated carbocycles. The molecule has 0 bridgehead atoms. The number of hydrogen-bond donors (Lipinski definition) is 1. The fraction of sp³-hybridized carbons (Fsp3) is 0.933. The summed E-state index contributed by atoms with van der Waals surface area (Å²) in [5.74, 6) is 0.989. The molecule has 0 unspecified atom stereocenters. The van der Waals surface area contributed by atoms with Crippen molar-refractivity contribution in [3.05, 3.63) is 0 Å². The summed E-state index contributed by atoms with van der Waals surface area (Å²) in [7, 11) is 1.85. The Bertz CT molecular complexity index is 316. The first-order valence-electron chi connectivity index (χ1n) is 7.43. The van der Waals surface area contributed by atoms with Crippen molar-refractivity contribution in [1.82, 2.24) is 10.2 Å². The molecule has 1 N–H and O–H groups in total. The molecule has 0 aliphatic carbocycles. The summed E-state index contributed by atoms with van der Waals surface area (Å²) in [6, 6.07) is 0. The van der Waals surface area contributed by atoms with E-state index < -0.39 is 0 Å². The predicted molar refractivity (Wildman–Crippen MR) is 97.1 cm³/mol. The molecule has 0 aromatic heterocycles. The molecule has 1 aliphatic heterocycles. The van der Waals surface area contributed by atoms with Crippen molar-refractivity contribution in [1.29, 1.82) is 0 Å². The van der Waals surface area contributed by atoms with Crippen LogP contribution in [0.4, 0.5) is 0 Å². The van der Waals surface area contributed by atoms with Crippen LogP contribution in [-0.4, -0.2) is 49.7 Å². The van der Waals surface area contributed by atoms with E-state index >= 15 is 0 Å². The van der Waals surface area contributed by atoms with E-state index in [-0.39, 0.29) is 29.5 Å². The number of aliphatic imine (C=N–C) groups is 1. The quantitative estimate of drug-likeness (QED) is 0.324. The molecule has 4 nitrogen and oxygen atoms in total. The molecule has 0 aromatic carbocycles. The van der Waals surface area contributed by atoms with Gasteiger partial charge in [0.25, 0.3) is 0 Å². The van der Waals surface area contributed by atoms with Crippen molar-refractivity contribution in [2.45, 2.75) is 53.0 Å². The highest BCUT2D eigenvalue weighted by Gasteiger charge is 2.53. The van der Waals surface area contributed by atoms with E-state index in [1.165, 1.54) is 6.42 Å². The fourth-order valence-corrected chi connectivity index (χ4v) is 2.28. The standard InChI is InChI=1S/C15H31N3O.HI/c1-7-8-10-19-11-9-17-13(16-6)18-12-14(2,3)15(18,4)5;/h7-12H2,1-6H3,(H,16,17);1H. The molecule has 5 heteroatoms. The van der Waals surface area contributed by atoms with Crippen molar-refractivity contribution in [3.63, 3.8) is 0 Å². The van der Waals surface area contributed by atoms with E-state index in [0.717, 1.165) is 38.7 Å². The molecular formula is C15H32IN3O. The van der Waals surface area contributed by atoms with E-state index in [4.69, 9.17) is 4.74 Å². The Balaban J connectivity index is 0.00000361. The minimum Gasteiger partial charge on any atom is -0.380 e.